The normalized spacial score (nSPS) is 27.4. The van der Waals surface area contributed by atoms with Gasteiger partial charge in [0, 0.05) is 13.5 Å². The van der Waals surface area contributed by atoms with E-state index in [1.54, 1.807) is 7.11 Å². The van der Waals surface area contributed by atoms with Crippen molar-refractivity contribution in [1.29, 1.82) is 0 Å². The summed E-state index contributed by atoms with van der Waals surface area (Å²) >= 11 is 0. The Balaban J connectivity index is 1.70. The lowest BCUT2D eigenvalue weighted by Crippen LogP contribution is -2.67. The quantitative estimate of drug-likeness (QED) is 0.566. The summed E-state index contributed by atoms with van der Waals surface area (Å²) < 4.78 is 12.5. The Kier molecular flexibility index (Phi) is 4.77. The molecule has 2 unspecified atom stereocenters. The Morgan fingerprint density at radius 3 is 2.00 bits per heavy atom. The highest BCUT2D eigenvalue weighted by Crippen LogP contribution is 2.49. The van der Waals surface area contributed by atoms with Gasteiger partial charge in [0.1, 0.15) is 0 Å². The lowest BCUT2D eigenvalue weighted by Gasteiger charge is -2.43. The molecular weight excluding hydrogens is 354 g/mol. The van der Waals surface area contributed by atoms with Gasteiger partial charge in [-0.1, -0.05) is 81.4 Å². The van der Waals surface area contributed by atoms with Crippen molar-refractivity contribution in [3.05, 3.63) is 60.7 Å². The second kappa shape index (κ2) is 6.83. The molecule has 27 heavy (non-hydrogen) atoms. The van der Waals surface area contributed by atoms with Gasteiger partial charge in [0.15, 0.2) is 0 Å². The molecule has 4 rings (SSSR count). The Hall–Kier alpha value is -1.50. The summed E-state index contributed by atoms with van der Waals surface area (Å²) in [5.74, 6) is -0.487. The van der Waals surface area contributed by atoms with Crippen molar-refractivity contribution >= 4 is 18.7 Å². The van der Waals surface area contributed by atoms with Gasteiger partial charge in [-0.2, -0.15) is 0 Å². The third-order valence-corrected chi connectivity index (χ3v) is 10.9. The van der Waals surface area contributed by atoms with E-state index < -0.39 is 14.2 Å². The van der Waals surface area contributed by atoms with E-state index in [-0.39, 0.29) is 11.1 Å². The van der Waals surface area contributed by atoms with Crippen LogP contribution in [-0.4, -0.2) is 39.1 Å². The van der Waals surface area contributed by atoms with Gasteiger partial charge in [-0.3, -0.25) is 0 Å². The molecule has 144 valence electrons. The van der Waals surface area contributed by atoms with Crippen LogP contribution in [0.15, 0.2) is 60.7 Å². The maximum absolute atomic E-state index is 7.00. The molecule has 2 saturated heterocycles. The molecule has 0 aliphatic carbocycles. The Labute approximate surface area is 163 Å². The zero-order valence-corrected chi connectivity index (χ0v) is 17.6. The minimum atomic E-state index is -2.49. The highest BCUT2D eigenvalue weighted by Gasteiger charge is 2.64. The molecule has 2 fully saturated rings. The first-order valence-corrected chi connectivity index (χ1v) is 11.6. The van der Waals surface area contributed by atoms with Crippen molar-refractivity contribution in [2.24, 2.45) is 0 Å². The average molecular weight is 384 g/mol. The summed E-state index contributed by atoms with van der Waals surface area (Å²) in [6.07, 6.45) is 1.93. The van der Waals surface area contributed by atoms with E-state index in [0.29, 0.717) is 6.61 Å². The number of fused-ring (bicyclic) bond motifs is 1. The van der Waals surface area contributed by atoms with Crippen LogP contribution >= 0.6 is 0 Å². The minimum absolute atomic E-state index is 0.00754. The predicted molar refractivity (Wildman–Crippen MR) is 109 cm³/mol. The second-order valence-corrected chi connectivity index (χ2v) is 12.8. The van der Waals surface area contributed by atoms with Crippen LogP contribution in [0.25, 0.3) is 0 Å². The molecule has 2 aromatic carbocycles. The number of nitrogens with zero attached hydrogens (tertiary/aromatic N) is 1. The fourth-order valence-electron chi connectivity index (χ4n) is 4.47. The number of hydrogen-bond acceptors (Lipinski definition) is 4. The van der Waals surface area contributed by atoms with Gasteiger partial charge >= 0.3 is 0 Å². The van der Waals surface area contributed by atoms with Crippen LogP contribution in [-0.2, 0) is 14.0 Å². The molecule has 2 aliphatic heterocycles. The first-order valence-electron chi connectivity index (χ1n) is 9.72. The van der Waals surface area contributed by atoms with E-state index in [2.05, 4.69) is 81.4 Å². The van der Waals surface area contributed by atoms with Crippen molar-refractivity contribution in [2.45, 2.75) is 50.6 Å². The van der Waals surface area contributed by atoms with E-state index in [4.69, 9.17) is 14.0 Å². The van der Waals surface area contributed by atoms with Crippen LogP contribution in [0.3, 0.4) is 0 Å². The summed E-state index contributed by atoms with van der Waals surface area (Å²) in [6, 6.07) is 21.8. The molecule has 4 nitrogen and oxygen atoms in total. The van der Waals surface area contributed by atoms with Gasteiger partial charge in [0.05, 0.1) is 12.6 Å². The lowest BCUT2D eigenvalue weighted by molar-refractivity contribution is -0.0165. The molecule has 0 N–H and O–H groups in total. The number of hydroxylamine groups is 2. The molecule has 0 amide bonds. The van der Waals surface area contributed by atoms with Crippen molar-refractivity contribution < 1.29 is 14.0 Å². The van der Waals surface area contributed by atoms with Crippen molar-refractivity contribution in [1.82, 2.24) is 5.06 Å². The molecule has 0 saturated carbocycles. The summed E-state index contributed by atoms with van der Waals surface area (Å²) in [6.45, 7) is 7.57. The second-order valence-electron chi connectivity index (χ2n) is 8.50. The van der Waals surface area contributed by atoms with Crippen molar-refractivity contribution in [3.63, 3.8) is 0 Å². The molecule has 2 heterocycles. The smallest absolute Gasteiger partial charge is 0.270 e. The van der Waals surface area contributed by atoms with Crippen LogP contribution in [0.5, 0.6) is 0 Å². The number of ether oxygens (including phenoxy) is 1. The van der Waals surface area contributed by atoms with E-state index in [1.165, 1.54) is 10.4 Å². The molecule has 0 radical (unpaired) electrons. The van der Waals surface area contributed by atoms with E-state index in [0.717, 1.165) is 12.8 Å². The summed E-state index contributed by atoms with van der Waals surface area (Å²) in [5.41, 5.74) is 0. The molecular formula is C22H29NO3Si. The van der Waals surface area contributed by atoms with E-state index >= 15 is 0 Å². The molecule has 2 aliphatic rings. The standard InChI is InChI=1S/C22H29NO3Si/c1-21(2,3)27(19-11-7-5-8-12-19,20-13-9-6-10-14-20)25-17-18-15-16-22(24-4)23(18)26-22/h5-14,18H,15-17H2,1-4H3/t18-,22?,23?/m0/s1. The van der Waals surface area contributed by atoms with Gasteiger partial charge < -0.3 is 9.16 Å². The van der Waals surface area contributed by atoms with Crippen LogP contribution in [0.1, 0.15) is 33.6 Å². The van der Waals surface area contributed by atoms with Gasteiger partial charge in [0.25, 0.3) is 14.2 Å². The average Bonchev–Trinajstić information content (AvgIpc) is 3.30. The third-order valence-electron chi connectivity index (χ3n) is 5.90. The van der Waals surface area contributed by atoms with E-state index in [9.17, 15) is 0 Å². The van der Waals surface area contributed by atoms with Crippen molar-refractivity contribution in [2.75, 3.05) is 13.7 Å². The first-order chi connectivity index (χ1) is 12.9. The largest absolute Gasteiger partial charge is 0.406 e. The molecule has 0 bridgehead atoms. The van der Waals surface area contributed by atoms with Crippen LogP contribution in [0.4, 0.5) is 0 Å². The Morgan fingerprint density at radius 2 is 1.59 bits per heavy atom. The molecule has 3 atom stereocenters. The highest BCUT2D eigenvalue weighted by atomic mass is 28.4. The highest BCUT2D eigenvalue weighted by molar-refractivity contribution is 6.99. The Morgan fingerprint density at radius 1 is 1.04 bits per heavy atom. The SMILES string of the molecule is COC12CC[C@@H](CO[Si](c3ccccc3)(c3ccccc3)C(C)(C)C)N1O2. The first kappa shape index (κ1) is 18.8. The lowest BCUT2D eigenvalue weighted by atomic mass is 10.2. The molecule has 0 aromatic heterocycles. The van der Waals surface area contributed by atoms with Gasteiger partial charge in [-0.15, -0.1) is 5.06 Å². The fourth-order valence-corrected chi connectivity index (χ4v) is 9.07. The third kappa shape index (κ3) is 3.08. The Bertz CT molecular complexity index is 738. The topological polar surface area (TPSA) is 34.0 Å². The van der Waals surface area contributed by atoms with Crippen LogP contribution in [0.2, 0.25) is 5.04 Å². The molecule has 0 spiro atoms. The van der Waals surface area contributed by atoms with Crippen LogP contribution in [0, 0.1) is 0 Å². The van der Waals surface area contributed by atoms with Crippen molar-refractivity contribution in [3.8, 4) is 0 Å². The zero-order chi connectivity index (χ0) is 19.1. The number of hydrogen-bond donors (Lipinski definition) is 0. The zero-order valence-electron chi connectivity index (χ0n) is 16.6. The van der Waals surface area contributed by atoms with E-state index in [1.807, 2.05) is 5.06 Å². The maximum atomic E-state index is 7.00. The summed E-state index contributed by atoms with van der Waals surface area (Å²) in [5, 5.41) is 4.59. The maximum Gasteiger partial charge on any atom is 0.270 e. The predicted octanol–water partition coefficient (Wildman–Crippen LogP) is 3.27. The number of methoxy groups -OCH3 is 1. The van der Waals surface area contributed by atoms with Gasteiger partial charge in [0.2, 0.25) is 0 Å². The monoisotopic (exact) mass is 383 g/mol. The molecule has 5 heteroatoms. The van der Waals surface area contributed by atoms with Gasteiger partial charge in [-0.25, -0.2) is 4.84 Å². The number of benzene rings is 2. The van der Waals surface area contributed by atoms with Gasteiger partial charge in [-0.05, 0) is 21.8 Å². The number of rotatable bonds is 6. The summed E-state index contributed by atoms with van der Waals surface area (Å²) in [7, 11) is -0.772. The minimum Gasteiger partial charge on any atom is -0.406 e. The van der Waals surface area contributed by atoms with Crippen LogP contribution < -0.4 is 10.4 Å². The molecule has 2 aromatic rings. The fraction of sp³-hybridized carbons (Fsp3) is 0.455. The summed E-state index contributed by atoms with van der Waals surface area (Å²) in [4.78, 5) is 5.71.